The highest BCUT2D eigenvalue weighted by Crippen LogP contribution is 2.30. The number of carbonyl (C=O) groups is 1. The second kappa shape index (κ2) is 7.04. The number of nitrogens with zero attached hydrogens (tertiary/aromatic N) is 2. The molecule has 2 aromatic rings. The SMILES string of the molecule is COc1ccc(/C=C/C(=O)c2cn(C)nc2C)cc1OC(F)F. The van der Waals surface area contributed by atoms with E-state index < -0.39 is 6.61 Å². The van der Waals surface area contributed by atoms with Crippen molar-refractivity contribution in [2.45, 2.75) is 13.5 Å². The van der Waals surface area contributed by atoms with Crippen molar-refractivity contribution >= 4 is 11.9 Å². The first-order chi connectivity index (χ1) is 10.9. The van der Waals surface area contributed by atoms with Gasteiger partial charge in [0.2, 0.25) is 0 Å². The van der Waals surface area contributed by atoms with E-state index in [-0.39, 0.29) is 17.3 Å². The van der Waals surface area contributed by atoms with Gasteiger partial charge in [-0.1, -0.05) is 12.1 Å². The molecule has 5 nitrogen and oxygen atoms in total. The molecule has 7 heteroatoms. The molecule has 0 saturated carbocycles. The van der Waals surface area contributed by atoms with Gasteiger partial charge in [-0.3, -0.25) is 9.48 Å². The highest BCUT2D eigenvalue weighted by Gasteiger charge is 2.12. The summed E-state index contributed by atoms with van der Waals surface area (Å²) in [5.74, 6) is -0.116. The van der Waals surface area contributed by atoms with Gasteiger partial charge in [0.1, 0.15) is 0 Å². The van der Waals surface area contributed by atoms with Crippen LogP contribution in [-0.4, -0.2) is 29.3 Å². The number of alkyl halides is 2. The Hall–Kier alpha value is -2.70. The van der Waals surface area contributed by atoms with Crippen molar-refractivity contribution in [3.63, 3.8) is 0 Å². The van der Waals surface area contributed by atoms with E-state index in [9.17, 15) is 13.6 Å². The minimum Gasteiger partial charge on any atom is -0.493 e. The number of aryl methyl sites for hydroxylation is 2. The number of rotatable bonds is 6. The van der Waals surface area contributed by atoms with Gasteiger partial charge in [-0.15, -0.1) is 0 Å². The molecule has 0 saturated heterocycles. The Balaban J connectivity index is 2.22. The van der Waals surface area contributed by atoms with Gasteiger partial charge in [0.25, 0.3) is 0 Å². The number of hydrogen-bond acceptors (Lipinski definition) is 4. The summed E-state index contributed by atoms with van der Waals surface area (Å²) < 4.78 is 35.7. The van der Waals surface area contributed by atoms with Crippen molar-refractivity contribution in [1.82, 2.24) is 9.78 Å². The molecule has 1 heterocycles. The molecule has 0 N–H and O–H groups in total. The van der Waals surface area contributed by atoms with Crippen LogP contribution >= 0.6 is 0 Å². The van der Waals surface area contributed by atoms with Crippen molar-refractivity contribution in [2.75, 3.05) is 7.11 Å². The quantitative estimate of drug-likeness (QED) is 0.605. The van der Waals surface area contributed by atoms with Gasteiger partial charge in [0, 0.05) is 13.2 Å². The first-order valence-electron chi connectivity index (χ1n) is 6.76. The van der Waals surface area contributed by atoms with Crippen LogP contribution in [0.25, 0.3) is 6.08 Å². The molecule has 0 aliphatic heterocycles. The fourth-order valence-electron chi connectivity index (χ4n) is 2.09. The van der Waals surface area contributed by atoms with Gasteiger partial charge < -0.3 is 9.47 Å². The summed E-state index contributed by atoms with van der Waals surface area (Å²) in [7, 11) is 3.09. The first-order valence-corrected chi connectivity index (χ1v) is 6.76. The lowest BCUT2D eigenvalue weighted by Gasteiger charge is -2.10. The minimum absolute atomic E-state index is 0.0883. The van der Waals surface area contributed by atoms with Gasteiger partial charge in [0.15, 0.2) is 17.3 Å². The van der Waals surface area contributed by atoms with Crippen LogP contribution in [0.1, 0.15) is 21.6 Å². The Morgan fingerprint density at radius 2 is 2.09 bits per heavy atom. The lowest BCUT2D eigenvalue weighted by atomic mass is 10.1. The standard InChI is InChI=1S/C16H16F2N2O3/c1-10-12(9-20(2)19-10)13(21)6-4-11-5-7-14(22-3)15(8-11)23-16(17)18/h4-9,16H,1-3H3/b6-4+. The maximum atomic E-state index is 12.4. The summed E-state index contributed by atoms with van der Waals surface area (Å²) in [6, 6.07) is 4.51. The van der Waals surface area contributed by atoms with Crippen molar-refractivity contribution < 1.29 is 23.0 Å². The molecule has 0 bridgehead atoms. The summed E-state index contributed by atoms with van der Waals surface area (Å²) in [5, 5.41) is 4.10. The van der Waals surface area contributed by atoms with E-state index in [4.69, 9.17) is 4.74 Å². The highest BCUT2D eigenvalue weighted by atomic mass is 19.3. The first kappa shape index (κ1) is 16.7. The largest absolute Gasteiger partial charge is 0.493 e. The van der Waals surface area contributed by atoms with Crippen LogP contribution in [0.5, 0.6) is 11.5 Å². The Labute approximate surface area is 132 Å². The van der Waals surface area contributed by atoms with E-state index in [1.165, 1.54) is 31.4 Å². The van der Waals surface area contributed by atoms with E-state index in [1.807, 2.05) is 0 Å². The second-order valence-corrected chi connectivity index (χ2v) is 4.79. The van der Waals surface area contributed by atoms with Crippen LogP contribution in [0.2, 0.25) is 0 Å². The third-order valence-electron chi connectivity index (χ3n) is 3.11. The highest BCUT2D eigenvalue weighted by molar-refractivity contribution is 6.07. The molecule has 0 spiro atoms. The fourth-order valence-corrected chi connectivity index (χ4v) is 2.09. The molecule has 1 aromatic heterocycles. The van der Waals surface area contributed by atoms with E-state index in [0.717, 1.165) is 0 Å². The molecular formula is C16H16F2N2O3. The van der Waals surface area contributed by atoms with E-state index in [1.54, 1.807) is 30.9 Å². The number of halogens is 2. The molecule has 2 rings (SSSR count). The zero-order chi connectivity index (χ0) is 17.0. The predicted molar refractivity (Wildman–Crippen MR) is 80.9 cm³/mol. The number of hydrogen-bond donors (Lipinski definition) is 0. The monoisotopic (exact) mass is 322 g/mol. The summed E-state index contributed by atoms with van der Waals surface area (Å²) in [6.45, 7) is -1.22. The Bertz CT molecular complexity index is 739. The van der Waals surface area contributed by atoms with Crippen LogP contribution in [0.4, 0.5) is 8.78 Å². The van der Waals surface area contributed by atoms with Crippen LogP contribution in [0.15, 0.2) is 30.5 Å². The number of carbonyl (C=O) groups excluding carboxylic acids is 1. The lowest BCUT2D eigenvalue weighted by Crippen LogP contribution is -2.03. The van der Waals surface area contributed by atoms with E-state index >= 15 is 0 Å². The Kier molecular flexibility index (Phi) is 5.10. The second-order valence-electron chi connectivity index (χ2n) is 4.79. The third kappa shape index (κ3) is 4.15. The summed E-state index contributed by atoms with van der Waals surface area (Å²) in [4.78, 5) is 12.1. The van der Waals surface area contributed by atoms with Gasteiger partial charge in [-0.2, -0.15) is 13.9 Å². The normalized spacial score (nSPS) is 11.2. The molecule has 122 valence electrons. The van der Waals surface area contributed by atoms with Crippen molar-refractivity contribution in [1.29, 1.82) is 0 Å². The number of allylic oxidation sites excluding steroid dienone is 1. The molecule has 1 aromatic carbocycles. The molecule has 0 aliphatic rings. The molecule has 0 atom stereocenters. The summed E-state index contributed by atoms with van der Waals surface area (Å²) >= 11 is 0. The minimum atomic E-state index is -2.96. The van der Waals surface area contributed by atoms with Crippen molar-refractivity contribution in [2.24, 2.45) is 7.05 Å². The lowest BCUT2D eigenvalue weighted by molar-refractivity contribution is -0.0512. The van der Waals surface area contributed by atoms with Gasteiger partial charge in [-0.05, 0) is 30.7 Å². The molecule has 0 radical (unpaired) electrons. The predicted octanol–water partition coefficient (Wildman–Crippen LogP) is 3.23. The number of aromatic nitrogens is 2. The summed E-state index contributed by atoms with van der Waals surface area (Å²) in [5.41, 5.74) is 1.65. The van der Waals surface area contributed by atoms with Crippen LogP contribution < -0.4 is 9.47 Å². The number of ketones is 1. The average Bonchev–Trinajstić information content (AvgIpc) is 2.83. The van der Waals surface area contributed by atoms with Crippen molar-refractivity contribution in [3.8, 4) is 11.5 Å². The summed E-state index contributed by atoms with van der Waals surface area (Å²) in [6.07, 6.45) is 4.51. The molecule has 23 heavy (non-hydrogen) atoms. The average molecular weight is 322 g/mol. The maximum Gasteiger partial charge on any atom is 0.387 e. The Morgan fingerprint density at radius 3 is 2.65 bits per heavy atom. The smallest absolute Gasteiger partial charge is 0.387 e. The van der Waals surface area contributed by atoms with Crippen LogP contribution in [0, 0.1) is 6.92 Å². The maximum absolute atomic E-state index is 12.4. The fraction of sp³-hybridized carbons (Fsp3) is 0.250. The van der Waals surface area contributed by atoms with E-state index in [0.29, 0.717) is 16.8 Å². The van der Waals surface area contributed by atoms with Crippen molar-refractivity contribution in [3.05, 3.63) is 47.3 Å². The molecule has 0 aliphatic carbocycles. The molecule has 0 unspecified atom stereocenters. The number of ether oxygens (including phenoxy) is 2. The van der Waals surface area contributed by atoms with Gasteiger partial charge in [0.05, 0.1) is 18.4 Å². The topological polar surface area (TPSA) is 53.4 Å². The number of methoxy groups -OCH3 is 1. The molecule has 0 amide bonds. The molecular weight excluding hydrogens is 306 g/mol. The zero-order valence-corrected chi connectivity index (χ0v) is 12.9. The van der Waals surface area contributed by atoms with E-state index in [2.05, 4.69) is 9.84 Å². The van der Waals surface area contributed by atoms with Crippen LogP contribution in [-0.2, 0) is 7.05 Å². The number of benzene rings is 1. The van der Waals surface area contributed by atoms with Gasteiger partial charge >= 0.3 is 6.61 Å². The van der Waals surface area contributed by atoms with Crippen LogP contribution in [0.3, 0.4) is 0 Å². The Morgan fingerprint density at radius 1 is 1.35 bits per heavy atom. The third-order valence-corrected chi connectivity index (χ3v) is 3.11. The molecule has 0 fully saturated rings. The zero-order valence-electron chi connectivity index (χ0n) is 12.9. The van der Waals surface area contributed by atoms with Gasteiger partial charge in [-0.25, -0.2) is 0 Å².